The van der Waals surface area contributed by atoms with Crippen LogP contribution in [0.15, 0.2) is 39.2 Å². The Morgan fingerprint density at radius 3 is 2.86 bits per heavy atom. The summed E-state index contributed by atoms with van der Waals surface area (Å²) in [5.74, 6) is -0.211. The van der Waals surface area contributed by atoms with Crippen molar-refractivity contribution < 1.29 is 5.11 Å². The molecule has 0 unspecified atom stereocenters. The summed E-state index contributed by atoms with van der Waals surface area (Å²) in [7, 11) is 0. The summed E-state index contributed by atoms with van der Waals surface area (Å²) in [6.07, 6.45) is 3.37. The lowest BCUT2D eigenvalue weighted by molar-refractivity contribution is 0.452. The van der Waals surface area contributed by atoms with Crippen molar-refractivity contribution in [3.63, 3.8) is 0 Å². The quantitative estimate of drug-likeness (QED) is 0.572. The Labute approximate surface area is 127 Å². The smallest absolute Gasteiger partial charge is 0.258 e. The van der Waals surface area contributed by atoms with Crippen LogP contribution in [-0.2, 0) is 0 Å². The van der Waals surface area contributed by atoms with E-state index in [2.05, 4.69) is 19.3 Å². The highest BCUT2D eigenvalue weighted by Crippen LogP contribution is 2.23. The van der Waals surface area contributed by atoms with Gasteiger partial charge in [0.15, 0.2) is 0 Å². The van der Waals surface area contributed by atoms with E-state index < -0.39 is 0 Å². The fourth-order valence-corrected chi connectivity index (χ4v) is 2.95. The maximum atomic E-state index is 11.8. The van der Waals surface area contributed by atoms with Crippen LogP contribution in [0.2, 0.25) is 0 Å². The molecule has 0 bridgehead atoms. The van der Waals surface area contributed by atoms with Gasteiger partial charge in [-0.3, -0.25) is 9.78 Å². The molecule has 0 saturated carbocycles. The molecule has 0 spiro atoms. The molecule has 0 aliphatic carbocycles. The van der Waals surface area contributed by atoms with Gasteiger partial charge in [-0.2, -0.15) is 9.36 Å². The van der Waals surface area contributed by atoms with Gasteiger partial charge in [0.05, 0.1) is 5.56 Å². The average Bonchev–Trinajstić information content (AvgIpc) is 2.95. The Morgan fingerprint density at radius 1 is 1.38 bits per heavy atom. The van der Waals surface area contributed by atoms with E-state index >= 15 is 0 Å². The van der Waals surface area contributed by atoms with Crippen LogP contribution < -0.4 is 5.56 Å². The Morgan fingerprint density at radius 2 is 2.14 bits per heavy atom. The molecule has 3 aromatic rings. The minimum absolute atomic E-state index is 0.211. The van der Waals surface area contributed by atoms with Gasteiger partial charge in [0.25, 0.3) is 5.56 Å². The first-order chi connectivity index (χ1) is 10.2. The zero-order valence-corrected chi connectivity index (χ0v) is 12.5. The van der Waals surface area contributed by atoms with Gasteiger partial charge in [-0.05, 0) is 12.3 Å². The predicted octanol–water partition coefficient (Wildman–Crippen LogP) is 2.56. The van der Waals surface area contributed by atoms with E-state index in [1.54, 1.807) is 24.3 Å². The molecule has 2 N–H and O–H groups in total. The Bertz CT molecular complexity index is 885. The fraction of sp³-hybridized carbons (Fsp3) is 0.0769. The summed E-state index contributed by atoms with van der Waals surface area (Å²) in [6, 6.07) is 7.03. The molecule has 3 rings (SSSR count). The Hall–Kier alpha value is -2.19. The zero-order valence-electron chi connectivity index (χ0n) is 10.9. The second kappa shape index (κ2) is 5.66. The van der Waals surface area contributed by atoms with Crippen LogP contribution in [0, 0.1) is 0 Å². The number of thioether (sulfide) groups is 1. The van der Waals surface area contributed by atoms with Crippen LogP contribution in [-0.4, -0.2) is 31.9 Å². The standard InChI is InChI=1S/C13H10N4O2S2/c1-20-13-16-12(21-17-13)14-6-9-7-4-2-3-5-8(7)10(18)15-11(9)19/h2-6H,1H3,(H2,15,18,19)/b14-6+. The molecule has 2 heterocycles. The molecule has 0 aliphatic rings. The molecule has 0 fully saturated rings. The molecule has 8 heteroatoms. The topological polar surface area (TPSA) is 91.2 Å². The number of pyridine rings is 1. The Kier molecular flexibility index (Phi) is 3.72. The minimum atomic E-state index is -0.333. The number of hydrogen-bond acceptors (Lipinski definition) is 7. The maximum Gasteiger partial charge on any atom is 0.258 e. The van der Waals surface area contributed by atoms with Crippen LogP contribution in [0.1, 0.15) is 5.56 Å². The lowest BCUT2D eigenvalue weighted by Gasteiger charge is -2.03. The molecule has 0 atom stereocenters. The van der Waals surface area contributed by atoms with Crippen molar-refractivity contribution in [2.45, 2.75) is 5.16 Å². The fourth-order valence-electron chi connectivity index (χ4n) is 1.87. The molecule has 0 saturated heterocycles. The number of aromatic amines is 1. The largest absolute Gasteiger partial charge is 0.494 e. The number of rotatable bonds is 3. The number of aromatic nitrogens is 3. The van der Waals surface area contributed by atoms with Crippen molar-refractivity contribution >= 4 is 45.4 Å². The van der Waals surface area contributed by atoms with Crippen LogP contribution in [0.5, 0.6) is 5.88 Å². The van der Waals surface area contributed by atoms with E-state index in [1.165, 1.54) is 29.5 Å². The summed E-state index contributed by atoms with van der Waals surface area (Å²) in [5.41, 5.74) is 0.118. The number of fused-ring (bicyclic) bond motifs is 1. The van der Waals surface area contributed by atoms with Gasteiger partial charge >= 0.3 is 0 Å². The molecule has 0 aliphatic heterocycles. The average molecular weight is 318 g/mol. The van der Waals surface area contributed by atoms with Gasteiger partial charge in [0.2, 0.25) is 16.2 Å². The molecule has 0 amide bonds. The number of hydrogen-bond donors (Lipinski definition) is 2. The molecule has 106 valence electrons. The first kappa shape index (κ1) is 13.8. The first-order valence-corrected chi connectivity index (χ1v) is 7.94. The summed E-state index contributed by atoms with van der Waals surface area (Å²) in [4.78, 5) is 22.6. The lowest BCUT2D eigenvalue weighted by atomic mass is 10.1. The van der Waals surface area contributed by atoms with Gasteiger partial charge in [-0.1, -0.05) is 30.0 Å². The molecular formula is C13H10N4O2S2. The first-order valence-electron chi connectivity index (χ1n) is 5.95. The maximum absolute atomic E-state index is 11.8. The van der Waals surface area contributed by atoms with Crippen molar-refractivity contribution in [1.29, 1.82) is 0 Å². The van der Waals surface area contributed by atoms with E-state index in [-0.39, 0.29) is 11.4 Å². The number of aliphatic imine (C=N–C) groups is 1. The molecule has 2 aromatic heterocycles. The number of H-pyrrole nitrogens is 1. The van der Waals surface area contributed by atoms with Gasteiger partial charge in [0.1, 0.15) is 0 Å². The zero-order chi connectivity index (χ0) is 14.8. The third-order valence-electron chi connectivity index (χ3n) is 2.83. The molecule has 1 aromatic carbocycles. The minimum Gasteiger partial charge on any atom is -0.494 e. The van der Waals surface area contributed by atoms with Gasteiger partial charge in [0, 0.05) is 28.5 Å². The van der Waals surface area contributed by atoms with Gasteiger partial charge < -0.3 is 5.11 Å². The van der Waals surface area contributed by atoms with Gasteiger partial charge in [-0.25, -0.2) is 4.99 Å². The monoisotopic (exact) mass is 318 g/mol. The SMILES string of the molecule is CSc1nsc(/N=C/c2c(O)[nH]c(=O)c3ccccc23)n1. The van der Waals surface area contributed by atoms with E-state index in [1.807, 2.05) is 6.26 Å². The molecular weight excluding hydrogens is 308 g/mol. The van der Waals surface area contributed by atoms with E-state index in [9.17, 15) is 9.90 Å². The summed E-state index contributed by atoms with van der Waals surface area (Å²) in [5, 5.41) is 12.2. The third kappa shape index (κ3) is 2.67. The Balaban J connectivity index is 2.10. The highest BCUT2D eigenvalue weighted by Gasteiger charge is 2.09. The summed E-state index contributed by atoms with van der Waals surface area (Å²) < 4.78 is 4.11. The second-order valence-corrected chi connectivity index (χ2v) is 5.59. The normalized spacial score (nSPS) is 11.5. The van der Waals surface area contributed by atoms with E-state index in [4.69, 9.17) is 0 Å². The van der Waals surface area contributed by atoms with E-state index in [0.717, 1.165) is 0 Å². The number of nitrogens with zero attached hydrogens (tertiary/aromatic N) is 3. The number of benzene rings is 1. The summed E-state index contributed by atoms with van der Waals surface area (Å²) in [6.45, 7) is 0. The summed E-state index contributed by atoms with van der Waals surface area (Å²) >= 11 is 2.61. The lowest BCUT2D eigenvalue weighted by Crippen LogP contribution is -2.07. The second-order valence-electron chi connectivity index (χ2n) is 4.08. The highest BCUT2D eigenvalue weighted by atomic mass is 32.2. The van der Waals surface area contributed by atoms with Crippen molar-refractivity contribution in [1.82, 2.24) is 14.3 Å². The number of aromatic hydroxyl groups is 1. The predicted molar refractivity (Wildman–Crippen MR) is 85.2 cm³/mol. The van der Waals surface area contributed by atoms with Crippen molar-refractivity contribution in [2.24, 2.45) is 4.99 Å². The van der Waals surface area contributed by atoms with Crippen LogP contribution in [0.25, 0.3) is 10.8 Å². The molecule has 21 heavy (non-hydrogen) atoms. The van der Waals surface area contributed by atoms with Crippen LogP contribution >= 0.6 is 23.3 Å². The molecule has 0 radical (unpaired) electrons. The van der Waals surface area contributed by atoms with Gasteiger partial charge in [-0.15, -0.1) is 0 Å². The van der Waals surface area contributed by atoms with Crippen LogP contribution in [0.4, 0.5) is 5.13 Å². The third-order valence-corrected chi connectivity index (χ3v) is 4.12. The highest BCUT2D eigenvalue weighted by molar-refractivity contribution is 7.98. The van der Waals surface area contributed by atoms with Crippen LogP contribution in [0.3, 0.4) is 0 Å². The van der Waals surface area contributed by atoms with Crippen molar-refractivity contribution in [3.8, 4) is 5.88 Å². The molecule has 6 nitrogen and oxygen atoms in total. The number of nitrogens with one attached hydrogen (secondary N) is 1. The van der Waals surface area contributed by atoms with E-state index in [0.29, 0.717) is 26.6 Å². The van der Waals surface area contributed by atoms with Crippen molar-refractivity contribution in [3.05, 3.63) is 40.2 Å². The van der Waals surface area contributed by atoms with Crippen molar-refractivity contribution in [2.75, 3.05) is 6.26 Å².